The van der Waals surface area contributed by atoms with Crippen molar-refractivity contribution in [1.82, 2.24) is 5.32 Å². The number of benzene rings is 1. The Balaban J connectivity index is 2.60. The van der Waals surface area contributed by atoms with Crippen molar-refractivity contribution in [3.8, 4) is 11.5 Å². The molecule has 0 aromatic heterocycles. The number of halogens is 1. The van der Waals surface area contributed by atoms with Gasteiger partial charge in [0, 0.05) is 16.7 Å². The van der Waals surface area contributed by atoms with E-state index in [1.807, 2.05) is 13.0 Å². The van der Waals surface area contributed by atoms with E-state index in [4.69, 9.17) is 21.1 Å². The smallest absolute Gasteiger partial charge is 0.144 e. The molecule has 2 rings (SSSR count). The fourth-order valence-electron chi connectivity index (χ4n) is 2.79. The summed E-state index contributed by atoms with van der Waals surface area (Å²) in [5.41, 5.74) is 2.01. The lowest BCUT2D eigenvalue weighted by atomic mass is 9.88. The molecule has 1 aliphatic rings. The molecule has 1 saturated heterocycles. The van der Waals surface area contributed by atoms with Crippen LogP contribution in [-0.2, 0) is 5.54 Å². The Morgan fingerprint density at radius 1 is 1.28 bits per heavy atom. The van der Waals surface area contributed by atoms with Crippen molar-refractivity contribution in [2.75, 3.05) is 20.8 Å². The first-order valence-electron chi connectivity index (χ1n) is 6.20. The molecule has 18 heavy (non-hydrogen) atoms. The first-order valence-corrected chi connectivity index (χ1v) is 6.58. The molecular formula is C14H20ClNO2. The topological polar surface area (TPSA) is 30.5 Å². The molecule has 1 aliphatic heterocycles. The van der Waals surface area contributed by atoms with E-state index in [1.165, 1.54) is 6.42 Å². The van der Waals surface area contributed by atoms with E-state index in [0.29, 0.717) is 10.8 Å². The van der Waals surface area contributed by atoms with Gasteiger partial charge in [0.25, 0.3) is 0 Å². The van der Waals surface area contributed by atoms with Crippen molar-refractivity contribution in [2.24, 2.45) is 0 Å². The average molecular weight is 270 g/mol. The SMILES string of the molecule is COc1c(Cl)cc(C2(C)CCCN2)c(OC)c1C. The molecule has 0 amide bonds. The van der Waals surface area contributed by atoms with E-state index in [-0.39, 0.29) is 5.54 Å². The van der Waals surface area contributed by atoms with Crippen LogP contribution in [0.4, 0.5) is 0 Å². The molecule has 0 saturated carbocycles. The van der Waals surface area contributed by atoms with Crippen LogP contribution in [0, 0.1) is 6.92 Å². The van der Waals surface area contributed by atoms with Crippen LogP contribution in [0.5, 0.6) is 11.5 Å². The van der Waals surface area contributed by atoms with Gasteiger partial charge in [0.1, 0.15) is 11.5 Å². The maximum absolute atomic E-state index is 6.30. The third-order valence-corrected chi connectivity index (χ3v) is 4.07. The van der Waals surface area contributed by atoms with Crippen LogP contribution in [0.25, 0.3) is 0 Å². The van der Waals surface area contributed by atoms with Crippen LogP contribution < -0.4 is 14.8 Å². The second-order valence-electron chi connectivity index (χ2n) is 4.96. The van der Waals surface area contributed by atoms with Crippen molar-refractivity contribution in [1.29, 1.82) is 0 Å². The standard InChI is InChI=1S/C14H20ClNO2/c1-9-12(17-3)10(8-11(15)13(9)18-4)14(2)6-5-7-16-14/h8,16H,5-7H2,1-4H3. The lowest BCUT2D eigenvalue weighted by molar-refractivity contribution is 0.359. The monoisotopic (exact) mass is 269 g/mol. The molecule has 1 aromatic carbocycles. The summed E-state index contributed by atoms with van der Waals surface area (Å²) >= 11 is 6.30. The predicted octanol–water partition coefficient (Wildman–Crippen LogP) is 3.26. The summed E-state index contributed by atoms with van der Waals surface area (Å²) in [4.78, 5) is 0. The van der Waals surface area contributed by atoms with E-state index in [0.717, 1.165) is 29.8 Å². The maximum Gasteiger partial charge on any atom is 0.144 e. The second-order valence-corrected chi connectivity index (χ2v) is 5.37. The molecule has 1 atom stereocenters. The molecule has 1 unspecified atom stereocenters. The molecule has 1 fully saturated rings. The summed E-state index contributed by atoms with van der Waals surface area (Å²) in [6.45, 7) is 5.20. The minimum absolute atomic E-state index is 0.0635. The largest absolute Gasteiger partial charge is 0.496 e. The van der Waals surface area contributed by atoms with Gasteiger partial charge in [-0.05, 0) is 39.3 Å². The van der Waals surface area contributed by atoms with Crippen molar-refractivity contribution < 1.29 is 9.47 Å². The molecule has 1 aromatic rings. The highest BCUT2D eigenvalue weighted by atomic mass is 35.5. The van der Waals surface area contributed by atoms with Crippen LogP contribution in [0.1, 0.15) is 30.9 Å². The number of rotatable bonds is 3. The normalized spacial score (nSPS) is 23.2. The van der Waals surface area contributed by atoms with Crippen LogP contribution in [0.3, 0.4) is 0 Å². The van der Waals surface area contributed by atoms with Gasteiger partial charge in [-0.25, -0.2) is 0 Å². The minimum Gasteiger partial charge on any atom is -0.496 e. The molecule has 100 valence electrons. The van der Waals surface area contributed by atoms with Gasteiger partial charge in [-0.3, -0.25) is 0 Å². The third kappa shape index (κ3) is 2.06. The van der Waals surface area contributed by atoms with Gasteiger partial charge in [0.2, 0.25) is 0 Å². The molecular weight excluding hydrogens is 250 g/mol. The average Bonchev–Trinajstić information content (AvgIpc) is 2.77. The first-order chi connectivity index (χ1) is 8.53. The Kier molecular flexibility index (Phi) is 3.74. The van der Waals surface area contributed by atoms with Gasteiger partial charge in [-0.1, -0.05) is 11.6 Å². The third-order valence-electron chi connectivity index (χ3n) is 3.79. The summed E-state index contributed by atoms with van der Waals surface area (Å²) in [6, 6.07) is 1.96. The predicted molar refractivity (Wildman–Crippen MR) is 73.9 cm³/mol. The molecule has 0 spiro atoms. The fourth-order valence-corrected chi connectivity index (χ4v) is 3.12. The number of nitrogens with one attached hydrogen (secondary N) is 1. The van der Waals surface area contributed by atoms with Crippen LogP contribution >= 0.6 is 11.6 Å². The molecule has 1 N–H and O–H groups in total. The van der Waals surface area contributed by atoms with Crippen LogP contribution in [-0.4, -0.2) is 20.8 Å². The zero-order valence-electron chi connectivity index (χ0n) is 11.4. The number of hydrogen-bond donors (Lipinski definition) is 1. The highest BCUT2D eigenvalue weighted by molar-refractivity contribution is 6.32. The number of ether oxygens (including phenoxy) is 2. The van der Waals surface area contributed by atoms with Crippen molar-refractivity contribution in [2.45, 2.75) is 32.2 Å². The lowest BCUT2D eigenvalue weighted by Crippen LogP contribution is -2.33. The van der Waals surface area contributed by atoms with Gasteiger partial charge < -0.3 is 14.8 Å². The molecule has 1 heterocycles. The molecule has 0 aliphatic carbocycles. The van der Waals surface area contributed by atoms with Gasteiger partial charge in [0.05, 0.1) is 19.2 Å². The number of hydrogen-bond acceptors (Lipinski definition) is 3. The Bertz CT molecular complexity index is 454. The Labute approximate surface area is 113 Å². The Hall–Kier alpha value is -0.930. The fraction of sp³-hybridized carbons (Fsp3) is 0.571. The lowest BCUT2D eigenvalue weighted by Gasteiger charge is -2.29. The summed E-state index contributed by atoms with van der Waals surface area (Å²) < 4.78 is 10.9. The van der Waals surface area contributed by atoms with E-state index in [2.05, 4.69) is 12.2 Å². The van der Waals surface area contributed by atoms with Gasteiger partial charge >= 0.3 is 0 Å². The van der Waals surface area contributed by atoms with E-state index < -0.39 is 0 Å². The molecule has 0 bridgehead atoms. The summed E-state index contributed by atoms with van der Waals surface area (Å²) in [7, 11) is 3.32. The van der Waals surface area contributed by atoms with E-state index in [1.54, 1.807) is 14.2 Å². The summed E-state index contributed by atoms with van der Waals surface area (Å²) in [5, 5.41) is 4.18. The highest BCUT2D eigenvalue weighted by Gasteiger charge is 2.34. The molecule has 0 radical (unpaired) electrons. The summed E-state index contributed by atoms with van der Waals surface area (Å²) in [6.07, 6.45) is 2.26. The van der Waals surface area contributed by atoms with Gasteiger partial charge in [-0.2, -0.15) is 0 Å². The molecule has 3 nitrogen and oxygen atoms in total. The van der Waals surface area contributed by atoms with Crippen molar-refractivity contribution >= 4 is 11.6 Å². The van der Waals surface area contributed by atoms with E-state index in [9.17, 15) is 0 Å². The van der Waals surface area contributed by atoms with Crippen LogP contribution in [0.2, 0.25) is 5.02 Å². The van der Waals surface area contributed by atoms with Crippen molar-refractivity contribution in [3.63, 3.8) is 0 Å². The highest BCUT2D eigenvalue weighted by Crippen LogP contribution is 2.44. The summed E-state index contributed by atoms with van der Waals surface area (Å²) in [5.74, 6) is 1.56. The van der Waals surface area contributed by atoms with Crippen molar-refractivity contribution in [3.05, 3.63) is 22.2 Å². The van der Waals surface area contributed by atoms with E-state index >= 15 is 0 Å². The minimum atomic E-state index is -0.0635. The van der Waals surface area contributed by atoms with Gasteiger partial charge in [-0.15, -0.1) is 0 Å². The number of methoxy groups -OCH3 is 2. The molecule has 4 heteroatoms. The Morgan fingerprint density at radius 3 is 2.44 bits per heavy atom. The Morgan fingerprint density at radius 2 is 1.94 bits per heavy atom. The zero-order valence-corrected chi connectivity index (χ0v) is 12.1. The quantitative estimate of drug-likeness (QED) is 0.914. The first kappa shape index (κ1) is 13.5. The van der Waals surface area contributed by atoms with Crippen LogP contribution in [0.15, 0.2) is 6.07 Å². The van der Waals surface area contributed by atoms with Gasteiger partial charge in [0.15, 0.2) is 0 Å². The zero-order chi connectivity index (χ0) is 13.3. The maximum atomic E-state index is 6.30. The second kappa shape index (κ2) is 4.98.